The molecule has 0 amide bonds. The quantitative estimate of drug-likeness (QED) is 0.918. The van der Waals surface area contributed by atoms with E-state index in [9.17, 15) is 0 Å². The van der Waals surface area contributed by atoms with E-state index >= 15 is 0 Å². The lowest BCUT2D eigenvalue weighted by Gasteiger charge is -2.53. The normalized spacial score (nSPS) is 39.9. The van der Waals surface area contributed by atoms with Gasteiger partial charge in [0.2, 0.25) is 0 Å². The van der Waals surface area contributed by atoms with E-state index in [-0.39, 0.29) is 0 Å². The second-order valence-electron chi connectivity index (χ2n) is 6.77. The smallest absolute Gasteiger partial charge is 0.131 e. The first-order chi connectivity index (χ1) is 9.33. The molecule has 0 aromatic carbocycles. The molecular formula is C15H23N3S. The fraction of sp³-hybridized carbons (Fsp3) is 0.867. The SMILES string of the molecule is CCNCc1nnc(C2C3CC4CC(C3)CC2C4)s1. The van der Waals surface area contributed by atoms with Crippen LogP contribution in [0.3, 0.4) is 0 Å². The molecule has 1 heterocycles. The van der Waals surface area contributed by atoms with E-state index in [2.05, 4.69) is 22.4 Å². The van der Waals surface area contributed by atoms with Crippen molar-refractivity contribution in [2.45, 2.75) is 51.5 Å². The Hall–Kier alpha value is -0.480. The van der Waals surface area contributed by atoms with Crippen LogP contribution in [-0.4, -0.2) is 16.7 Å². The van der Waals surface area contributed by atoms with Gasteiger partial charge < -0.3 is 5.32 Å². The van der Waals surface area contributed by atoms with Crippen LogP contribution in [0.25, 0.3) is 0 Å². The maximum atomic E-state index is 4.54. The van der Waals surface area contributed by atoms with Gasteiger partial charge in [0.25, 0.3) is 0 Å². The lowest BCUT2D eigenvalue weighted by molar-refractivity contribution is -0.00303. The molecule has 19 heavy (non-hydrogen) atoms. The Morgan fingerprint density at radius 2 is 1.74 bits per heavy atom. The Balaban J connectivity index is 1.54. The number of aromatic nitrogens is 2. The largest absolute Gasteiger partial charge is 0.311 e. The van der Waals surface area contributed by atoms with Crippen molar-refractivity contribution >= 4 is 11.3 Å². The van der Waals surface area contributed by atoms with E-state index in [0.717, 1.165) is 42.7 Å². The van der Waals surface area contributed by atoms with Gasteiger partial charge in [0.05, 0.1) is 0 Å². The molecule has 0 radical (unpaired) electrons. The third-order valence-electron chi connectivity index (χ3n) is 5.52. The minimum atomic E-state index is 0.751. The van der Waals surface area contributed by atoms with Crippen LogP contribution in [0.1, 0.15) is 55.0 Å². The van der Waals surface area contributed by atoms with Gasteiger partial charge in [-0.3, -0.25) is 0 Å². The van der Waals surface area contributed by atoms with E-state index in [1.165, 1.54) is 42.1 Å². The molecule has 4 fully saturated rings. The van der Waals surface area contributed by atoms with Crippen LogP contribution >= 0.6 is 11.3 Å². The van der Waals surface area contributed by atoms with Crippen LogP contribution in [0, 0.1) is 23.7 Å². The third kappa shape index (κ3) is 2.13. The Morgan fingerprint density at radius 3 is 2.37 bits per heavy atom. The summed E-state index contributed by atoms with van der Waals surface area (Å²) in [5.41, 5.74) is 0. The Labute approximate surface area is 119 Å². The van der Waals surface area contributed by atoms with Crippen LogP contribution in [0.5, 0.6) is 0 Å². The Morgan fingerprint density at radius 1 is 1.05 bits per heavy atom. The molecule has 1 aromatic rings. The highest BCUT2D eigenvalue weighted by Gasteiger charge is 2.49. The summed E-state index contributed by atoms with van der Waals surface area (Å²) in [4.78, 5) is 0. The van der Waals surface area contributed by atoms with Gasteiger partial charge in [-0.05, 0) is 62.3 Å². The van der Waals surface area contributed by atoms with Crippen molar-refractivity contribution in [2.75, 3.05) is 6.54 Å². The predicted octanol–water partition coefficient (Wildman–Crippen LogP) is 3.19. The first-order valence-electron chi connectivity index (χ1n) is 7.86. The average Bonchev–Trinajstić information content (AvgIpc) is 2.83. The molecule has 0 spiro atoms. The standard InChI is InChI=1S/C15H23N3S/c1-2-16-8-13-17-18-15(19-13)14-11-4-9-3-10(6-11)7-12(14)5-9/h9-12,14,16H,2-8H2,1H3. The number of rotatable bonds is 4. The van der Waals surface area contributed by atoms with E-state index in [4.69, 9.17) is 0 Å². The lowest BCUT2D eigenvalue weighted by atomic mass is 9.52. The van der Waals surface area contributed by atoms with Crippen LogP contribution < -0.4 is 5.32 Å². The second-order valence-corrected chi connectivity index (χ2v) is 7.86. The molecule has 0 aliphatic heterocycles. The van der Waals surface area contributed by atoms with Crippen LogP contribution in [-0.2, 0) is 6.54 Å². The van der Waals surface area contributed by atoms with Crippen LogP contribution in [0.4, 0.5) is 0 Å². The molecule has 4 bridgehead atoms. The zero-order valence-corrected chi connectivity index (χ0v) is 12.5. The van der Waals surface area contributed by atoms with Crippen molar-refractivity contribution in [3.63, 3.8) is 0 Å². The summed E-state index contributed by atoms with van der Waals surface area (Å²) in [5, 5.41) is 14.8. The van der Waals surface area contributed by atoms with Gasteiger partial charge in [-0.2, -0.15) is 0 Å². The van der Waals surface area contributed by atoms with Crippen LogP contribution in [0.2, 0.25) is 0 Å². The first kappa shape index (κ1) is 12.3. The fourth-order valence-electron chi connectivity index (χ4n) is 5.03. The highest BCUT2D eigenvalue weighted by molar-refractivity contribution is 7.11. The van der Waals surface area contributed by atoms with Gasteiger partial charge in [-0.25, -0.2) is 0 Å². The van der Waals surface area contributed by atoms with Crippen molar-refractivity contribution in [1.82, 2.24) is 15.5 Å². The zero-order valence-electron chi connectivity index (χ0n) is 11.6. The van der Waals surface area contributed by atoms with Crippen molar-refractivity contribution in [2.24, 2.45) is 23.7 Å². The van der Waals surface area contributed by atoms with E-state index in [1.807, 2.05) is 11.3 Å². The summed E-state index contributed by atoms with van der Waals surface area (Å²) in [6, 6.07) is 0. The number of hydrogen-bond acceptors (Lipinski definition) is 4. The molecule has 5 rings (SSSR count). The summed E-state index contributed by atoms with van der Waals surface area (Å²) in [7, 11) is 0. The topological polar surface area (TPSA) is 37.8 Å². The third-order valence-corrected chi connectivity index (χ3v) is 6.55. The molecule has 3 nitrogen and oxygen atoms in total. The van der Waals surface area contributed by atoms with E-state index in [0.29, 0.717) is 0 Å². The molecule has 104 valence electrons. The monoisotopic (exact) mass is 277 g/mol. The summed E-state index contributed by atoms with van der Waals surface area (Å²) >= 11 is 1.87. The highest BCUT2D eigenvalue weighted by atomic mass is 32.1. The maximum absolute atomic E-state index is 4.54. The molecule has 1 aromatic heterocycles. The van der Waals surface area contributed by atoms with Gasteiger partial charge in [-0.1, -0.05) is 18.3 Å². The minimum absolute atomic E-state index is 0.751. The van der Waals surface area contributed by atoms with Gasteiger partial charge in [0.15, 0.2) is 0 Å². The summed E-state index contributed by atoms with van der Waals surface area (Å²) in [6.45, 7) is 4.04. The zero-order chi connectivity index (χ0) is 12.8. The highest BCUT2D eigenvalue weighted by Crippen LogP contribution is 2.59. The predicted molar refractivity (Wildman–Crippen MR) is 77.1 cm³/mol. The second kappa shape index (κ2) is 4.81. The molecule has 0 atom stereocenters. The Bertz CT molecular complexity index is 428. The lowest BCUT2D eigenvalue weighted by Crippen LogP contribution is -2.43. The first-order valence-corrected chi connectivity index (χ1v) is 8.68. The van der Waals surface area contributed by atoms with Crippen molar-refractivity contribution in [3.8, 4) is 0 Å². The summed E-state index contributed by atoms with van der Waals surface area (Å²) in [5.74, 6) is 4.70. The minimum Gasteiger partial charge on any atom is -0.311 e. The maximum Gasteiger partial charge on any atom is 0.131 e. The van der Waals surface area contributed by atoms with Crippen molar-refractivity contribution < 1.29 is 0 Å². The van der Waals surface area contributed by atoms with E-state index in [1.54, 1.807) is 0 Å². The number of nitrogens with zero attached hydrogens (tertiary/aromatic N) is 2. The number of hydrogen-bond donors (Lipinski definition) is 1. The van der Waals surface area contributed by atoms with Crippen LogP contribution in [0.15, 0.2) is 0 Å². The fourth-order valence-corrected chi connectivity index (χ4v) is 6.13. The van der Waals surface area contributed by atoms with E-state index < -0.39 is 0 Å². The Kier molecular flexibility index (Phi) is 3.11. The molecule has 0 unspecified atom stereocenters. The molecule has 4 aliphatic rings. The molecule has 0 saturated heterocycles. The average molecular weight is 277 g/mol. The van der Waals surface area contributed by atoms with Crippen molar-refractivity contribution in [1.29, 1.82) is 0 Å². The summed E-state index contributed by atoms with van der Waals surface area (Å²) < 4.78 is 0. The summed E-state index contributed by atoms with van der Waals surface area (Å²) in [6.07, 6.45) is 7.42. The molecule has 4 heteroatoms. The van der Waals surface area contributed by atoms with Gasteiger partial charge in [0.1, 0.15) is 10.0 Å². The molecule has 4 saturated carbocycles. The number of nitrogens with one attached hydrogen (secondary N) is 1. The van der Waals surface area contributed by atoms with Gasteiger partial charge >= 0.3 is 0 Å². The molecular weight excluding hydrogens is 254 g/mol. The van der Waals surface area contributed by atoms with Gasteiger partial charge in [0, 0.05) is 12.5 Å². The molecule has 1 N–H and O–H groups in total. The van der Waals surface area contributed by atoms with Gasteiger partial charge in [-0.15, -0.1) is 10.2 Å². The molecule has 4 aliphatic carbocycles. The van der Waals surface area contributed by atoms with Crippen molar-refractivity contribution in [3.05, 3.63) is 10.0 Å².